The molecule has 8 heteroatoms. The van der Waals surface area contributed by atoms with Gasteiger partial charge in [0.25, 0.3) is 5.89 Å². The fraction of sp³-hybridized carbons (Fsp3) is 0.167. The van der Waals surface area contributed by atoms with E-state index in [4.69, 9.17) is 16.1 Å². The van der Waals surface area contributed by atoms with Crippen molar-refractivity contribution < 1.29 is 18.1 Å². The number of anilines is 1. The second kappa shape index (κ2) is 6.49. The van der Waals surface area contributed by atoms with Crippen molar-refractivity contribution in [1.29, 1.82) is 0 Å². The molecule has 1 fully saturated rings. The van der Waals surface area contributed by atoms with Gasteiger partial charge >= 0.3 is 0 Å². The molecule has 1 unspecified atom stereocenters. The Kier molecular flexibility index (Phi) is 4.16. The van der Waals surface area contributed by atoms with E-state index in [9.17, 15) is 13.6 Å². The van der Waals surface area contributed by atoms with Gasteiger partial charge in [0.2, 0.25) is 5.91 Å². The van der Waals surface area contributed by atoms with Crippen LogP contribution in [0.15, 0.2) is 47.0 Å². The molecule has 0 bridgehead atoms. The zero-order chi connectivity index (χ0) is 18.3. The first-order chi connectivity index (χ1) is 12.5. The Bertz CT molecular complexity index is 992. The average molecular weight is 376 g/mol. The smallest absolute Gasteiger partial charge is 0.260 e. The van der Waals surface area contributed by atoms with Crippen LogP contribution >= 0.6 is 11.6 Å². The van der Waals surface area contributed by atoms with Gasteiger partial charge in [0.15, 0.2) is 5.82 Å². The maximum atomic E-state index is 14.1. The Hall–Kier alpha value is -2.80. The molecular formula is C18H12ClF2N3O2. The standard InChI is InChI=1S/C18H12ClF2N3O2/c19-11-5-6-15(14(21)8-11)24-9-10(7-16(24)25)17-22-18(26-23-17)12-3-1-2-4-13(12)20/h1-6,8,10H,7,9H2. The summed E-state index contributed by atoms with van der Waals surface area (Å²) in [5.41, 5.74) is 0.343. The van der Waals surface area contributed by atoms with E-state index >= 15 is 0 Å². The SMILES string of the molecule is O=C1CC(c2noc(-c3ccccc3F)n2)CN1c1ccc(Cl)cc1F. The third-order valence-electron chi connectivity index (χ3n) is 4.24. The average Bonchev–Trinajstić information content (AvgIpc) is 3.22. The molecule has 26 heavy (non-hydrogen) atoms. The third kappa shape index (κ3) is 2.94. The molecule has 0 aliphatic carbocycles. The highest BCUT2D eigenvalue weighted by Crippen LogP contribution is 2.33. The minimum Gasteiger partial charge on any atom is -0.334 e. The maximum Gasteiger partial charge on any atom is 0.260 e. The second-order valence-electron chi connectivity index (χ2n) is 5.94. The van der Waals surface area contributed by atoms with E-state index in [2.05, 4.69) is 10.1 Å². The van der Waals surface area contributed by atoms with Gasteiger partial charge in [-0.1, -0.05) is 28.9 Å². The molecule has 1 saturated heterocycles. The van der Waals surface area contributed by atoms with Crippen LogP contribution in [0.3, 0.4) is 0 Å². The highest BCUT2D eigenvalue weighted by atomic mass is 35.5. The van der Waals surface area contributed by atoms with Gasteiger partial charge in [-0.25, -0.2) is 8.78 Å². The zero-order valence-electron chi connectivity index (χ0n) is 13.3. The molecule has 2 aromatic carbocycles. The van der Waals surface area contributed by atoms with Gasteiger partial charge in [-0.15, -0.1) is 0 Å². The molecule has 132 valence electrons. The lowest BCUT2D eigenvalue weighted by Crippen LogP contribution is -2.25. The van der Waals surface area contributed by atoms with Crippen molar-refractivity contribution in [1.82, 2.24) is 10.1 Å². The summed E-state index contributed by atoms with van der Waals surface area (Å²) >= 11 is 5.75. The summed E-state index contributed by atoms with van der Waals surface area (Å²) in [4.78, 5) is 17.8. The summed E-state index contributed by atoms with van der Waals surface area (Å²) in [5.74, 6) is -1.35. The molecule has 3 aromatic rings. The van der Waals surface area contributed by atoms with Crippen molar-refractivity contribution in [3.05, 3.63) is 64.9 Å². The first kappa shape index (κ1) is 16.7. The molecule has 1 amide bonds. The van der Waals surface area contributed by atoms with E-state index in [0.717, 1.165) is 6.07 Å². The molecule has 0 saturated carbocycles. The summed E-state index contributed by atoms with van der Waals surface area (Å²) in [6.45, 7) is 0.202. The second-order valence-corrected chi connectivity index (χ2v) is 6.38. The highest BCUT2D eigenvalue weighted by Gasteiger charge is 2.35. The topological polar surface area (TPSA) is 59.2 Å². The molecular weight excluding hydrogens is 364 g/mol. The predicted molar refractivity (Wildman–Crippen MR) is 90.8 cm³/mol. The fourth-order valence-electron chi connectivity index (χ4n) is 2.96. The van der Waals surface area contributed by atoms with E-state index < -0.39 is 11.6 Å². The molecule has 0 radical (unpaired) electrons. The van der Waals surface area contributed by atoms with Crippen LogP contribution in [-0.2, 0) is 4.79 Å². The first-order valence-corrected chi connectivity index (χ1v) is 8.24. The monoisotopic (exact) mass is 375 g/mol. The van der Waals surface area contributed by atoms with Crippen LogP contribution in [0.1, 0.15) is 18.2 Å². The molecule has 1 aromatic heterocycles. The van der Waals surface area contributed by atoms with Crippen molar-refractivity contribution in [3.8, 4) is 11.5 Å². The Labute approximate surface area is 152 Å². The number of rotatable bonds is 3. The summed E-state index contributed by atoms with van der Waals surface area (Å²) in [6, 6.07) is 10.2. The Balaban J connectivity index is 1.59. The van der Waals surface area contributed by atoms with E-state index in [0.29, 0.717) is 0 Å². The largest absolute Gasteiger partial charge is 0.334 e. The lowest BCUT2D eigenvalue weighted by molar-refractivity contribution is -0.117. The Morgan fingerprint density at radius 2 is 1.96 bits per heavy atom. The van der Waals surface area contributed by atoms with Crippen LogP contribution in [-0.4, -0.2) is 22.6 Å². The van der Waals surface area contributed by atoms with Gasteiger partial charge < -0.3 is 9.42 Å². The number of nitrogens with zero attached hydrogens (tertiary/aromatic N) is 3. The molecule has 1 aliphatic rings. The number of carbonyl (C=O) groups excluding carboxylic acids is 1. The van der Waals surface area contributed by atoms with E-state index in [-0.39, 0.29) is 52.8 Å². The van der Waals surface area contributed by atoms with Crippen LogP contribution in [0, 0.1) is 11.6 Å². The number of halogens is 3. The summed E-state index contributed by atoms with van der Waals surface area (Å²) in [6.07, 6.45) is 0.109. The van der Waals surface area contributed by atoms with E-state index in [1.165, 1.54) is 29.2 Å². The highest BCUT2D eigenvalue weighted by molar-refractivity contribution is 6.30. The lowest BCUT2D eigenvalue weighted by Gasteiger charge is -2.17. The number of benzene rings is 2. The van der Waals surface area contributed by atoms with Crippen molar-refractivity contribution in [2.75, 3.05) is 11.4 Å². The van der Waals surface area contributed by atoms with Crippen LogP contribution in [0.25, 0.3) is 11.5 Å². The maximum absolute atomic E-state index is 14.1. The lowest BCUT2D eigenvalue weighted by atomic mass is 10.1. The van der Waals surface area contributed by atoms with Gasteiger partial charge in [-0.2, -0.15) is 4.98 Å². The third-order valence-corrected chi connectivity index (χ3v) is 4.47. The molecule has 5 nitrogen and oxygen atoms in total. The van der Waals surface area contributed by atoms with Gasteiger partial charge in [0, 0.05) is 23.9 Å². The molecule has 0 N–H and O–H groups in total. The number of carbonyl (C=O) groups is 1. The van der Waals surface area contributed by atoms with Gasteiger partial charge in [0.05, 0.1) is 11.3 Å². The number of hydrogen-bond acceptors (Lipinski definition) is 4. The molecule has 4 rings (SSSR count). The molecule has 2 heterocycles. The molecule has 0 spiro atoms. The van der Waals surface area contributed by atoms with E-state index in [1.54, 1.807) is 12.1 Å². The van der Waals surface area contributed by atoms with Gasteiger partial charge in [-0.3, -0.25) is 4.79 Å². The number of amides is 1. The van der Waals surface area contributed by atoms with Crippen LogP contribution in [0.2, 0.25) is 5.02 Å². The van der Waals surface area contributed by atoms with Crippen LogP contribution < -0.4 is 4.90 Å². The molecule has 1 aliphatic heterocycles. The molecule has 1 atom stereocenters. The Morgan fingerprint density at radius 3 is 2.73 bits per heavy atom. The van der Waals surface area contributed by atoms with Crippen molar-refractivity contribution >= 4 is 23.2 Å². The first-order valence-electron chi connectivity index (χ1n) is 7.87. The van der Waals surface area contributed by atoms with Crippen molar-refractivity contribution in [2.24, 2.45) is 0 Å². The zero-order valence-corrected chi connectivity index (χ0v) is 14.1. The number of aromatic nitrogens is 2. The Morgan fingerprint density at radius 1 is 1.15 bits per heavy atom. The van der Waals surface area contributed by atoms with Crippen LogP contribution in [0.4, 0.5) is 14.5 Å². The van der Waals surface area contributed by atoms with Gasteiger partial charge in [-0.05, 0) is 30.3 Å². The van der Waals surface area contributed by atoms with Crippen molar-refractivity contribution in [3.63, 3.8) is 0 Å². The summed E-state index contributed by atoms with van der Waals surface area (Å²) in [7, 11) is 0. The summed E-state index contributed by atoms with van der Waals surface area (Å²) in [5, 5.41) is 4.12. The van der Waals surface area contributed by atoms with E-state index in [1.807, 2.05) is 0 Å². The van der Waals surface area contributed by atoms with Crippen molar-refractivity contribution in [2.45, 2.75) is 12.3 Å². The predicted octanol–water partition coefficient (Wildman–Crippen LogP) is 4.19. The summed E-state index contributed by atoms with van der Waals surface area (Å²) < 4.78 is 33.1. The quantitative estimate of drug-likeness (QED) is 0.688. The minimum atomic E-state index is -0.577. The van der Waals surface area contributed by atoms with Gasteiger partial charge in [0.1, 0.15) is 11.6 Å². The normalized spacial score (nSPS) is 17.1. The number of hydrogen-bond donors (Lipinski definition) is 0. The minimum absolute atomic E-state index is 0.0432. The van der Waals surface area contributed by atoms with Crippen LogP contribution in [0.5, 0.6) is 0 Å². The fourth-order valence-corrected chi connectivity index (χ4v) is 3.12.